The summed E-state index contributed by atoms with van der Waals surface area (Å²) in [5, 5.41) is 0. The molecule has 0 aromatic heterocycles. The molecule has 0 heterocycles. The van der Waals surface area contributed by atoms with Crippen LogP contribution in [0.3, 0.4) is 0 Å². The van der Waals surface area contributed by atoms with E-state index in [4.69, 9.17) is 10.5 Å². The fourth-order valence-corrected chi connectivity index (χ4v) is 5.68. The highest BCUT2D eigenvalue weighted by Crippen LogP contribution is 2.61. The van der Waals surface area contributed by atoms with Gasteiger partial charge in [-0.25, -0.2) is 0 Å². The number of carbonyl (C=O) groups is 1. The molecule has 0 unspecified atom stereocenters. The van der Waals surface area contributed by atoms with E-state index >= 15 is 0 Å². The number of esters is 1. The Kier molecular flexibility index (Phi) is 4.31. The van der Waals surface area contributed by atoms with Crippen LogP contribution in [0, 0.1) is 29.1 Å². The molecule has 3 nitrogen and oxygen atoms in total. The standard InChI is InChI=1S/C18H31NO2/c1-12(2)5-16(19)17(20)21-4-3-18-9-13-6-14(10-18)8-15(7-13)11-18/h12-16H,3-11,19H2,1-2H3/t13?,14?,15?,16-,18?/m1/s1. The van der Waals surface area contributed by atoms with E-state index in [0.717, 1.165) is 30.6 Å². The van der Waals surface area contributed by atoms with Gasteiger partial charge in [0.1, 0.15) is 6.04 Å². The predicted molar refractivity (Wildman–Crippen MR) is 83.6 cm³/mol. The summed E-state index contributed by atoms with van der Waals surface area (Å²) in [6.07, 6.45) is 10.3. The topological polar surface area (TPSA) is 52.3 Å². The second-order valence-electron chi connectivity index (χ2n) is 8.57. The molecule has 0 aromatic carbocycles. The minimum absolute atomic E-state index is 0.201. The van der Waals surface area contributed by atoms with Crippen molar-refractivity contribution in [3.8, 4) is 0 Å². The zero-order valence-electron chi connectivity index (χ0n) is 13.6. The molecule has 21 heavy (non-hydrogen) atoms. The fourth-order valence-electron chi connectivity index (χ4n) is 5.68. The lowest BCUT2D eigenvalue weighted by Crippen LogP contribution is -2.46. The van der Waals surface area contributed by atoms with Gasteiger partial charge in [-0.15, -0.1) is 0 Å². The van der Waals surface area contributed by atoms with Crippen LogP contribution in [-0.4, -0.2) is 18.6 Å². The Morgan fingerprint density at radius 3 is 2.14 bits per heavy atom. The summed E-state index contributed by atoms with van der Waals surface area (Å²) in [5.41, 5.74) is 6.39. The molecule has 4 rings (SSSR count). The third-order valence-corrected chi connectivity index (χ3v) is 6.07. The maximum absolute atomic E-state index is 11.9. The van der Waals surface area contributed by atoms with Crippen molar-refractivity contribution in [1.29, 1.82) is 0 Å². The van der Waals surface area contributed by atoms with Crippen LogP contribution in [-0.2, 0) is 9.53 Å². The Morgan fingerprint density at radius 1 is 1.14 bits per heavy atom. The predicted octanol–water partition coefficient (Wildman–Crippen LogP) is 3.51. The second-order valence-corrected chi connectivity index (χ2v) is 8.57. The van der Waals surface area contributed by atoms with Crippen molar-refractivity contribution in [1.82, 2.24) is 0 Å². The monoisotopic (exact) mass is 293 g/mol. The summed E-state index contributed by atoms with van der Waals surface area (Å²) in [6, 6.07) is -0.443. The third kappa shape index (κ3) is 3.44. The molecule has 0 spiro atoms. The van der Waals surface area contributed by atoms with Gasteiger partial charge in [0, 0.05) is 0 Å². The van der Waals surface area contributed by atoms with Crippen molar-refractivity contribution in [2.75, 3.05) is 6.61 Å². The summed E-state index contributed by atoms with van der Waals surface area (Å²) in [5.74, 6) is 3.14. The van der Waals surface area contributed by atoms with Crippen LogP contribution >= 0.6 is 0 Å². The van der Waals surface area contributed by atoms with Gasteiger partial charge in [0.2, 0.25) is 0 Å². The van der Waals surface area contributed by atoms with Gasteiger partial charge in [0.15, 0.2) is 0 Å². The number of rotatable bonds is 6. The van der Waals surface area contributed by atoms with Crippen LogP contribution in [0.5, 0.6) is 0 Å². The average Bonchev–Trinajstić information content (AvgIpc) is 2.35. The van der Waals surface area contributed by atoms with E-state index in [1.165, 1.54) is 38.5 Å². The van der Waals surface area contributed by atoms with E-state index in [-0.39, 0.29) is 5.97 Å². The highest BCUT2D eigenvalue weighted by molar-refractivity contribution is 5.75. The van der Waals surface area contributed by atoms with Crippen molar-refractivity contribution in [2.45, 2.75) is 71.3 Å². The minimum atomic E-state index is -0.443. The molecule has 4 fully saturated rings. The van der Waals surface area contributed by atoms with Gasteiger partial charge in [-0.3, -0.25) is 4.79 Å². The quantitative estimate of drug-likeness (QED) is 0.762. The molecule has 120 valence electrons. The van der Waals surface area contributed by atoms with E-state index in [1.54, 1.807) is 0 Å². The van der Waals surface area contributed by atoms with Gasteiger partial charge in [-0.1, -0.05) is 13.8 Å². The first-order valence-corrected chi connectivity index (χ1v) is 8.88. The largest absolute Gasteiger partial charge is 0.465 e. The highest BCUT2D eigenvalue weighted by Gasteiger charge is 2.50. The Morgan fingerprint density at radius 2 is 1.67 bits per heavy atom. The van der Waals surface area contributed by atoms with Crippen LogP contribution in [0.2, 0.25) is 0 Å². The van der Waals surface area contributed by atoms with E-state index in [0.29, 0.717) is 17.9 Å². The lowest BCUT2D eigenvalue weighted by molar-refractivity contribution is -0.148. The Balaban J connectivity index is 1.46. The summed E-state index contributed by atoms with van der Waals surface area (Å²) in [4.78, 5) is 11.9. The summed E-state index contributed by atoms with van der Waals surface area (Å²) in [7, 11) is 0. The maximum Gasteiger partial charge on any atom is 0.322 e. The summed E-state index contributed by atoms with van der Waals surface area (Å²) < 4.78 is 5.48. The second kappa shape index (κ2) is 5.91. The van der Waals surface area contributed by atoms with Gasteiger partial charge in [0.25, 0.3) is 0 Å². The van der Waals surface area contributed by atoms with Crippen molar-refractivity contribution < 1.29 is 9.53 Å². The summed E-state index contributed by atoms with van der Waals surface area (Å²) in [6.45, 7) is 4.75. The first-order chi connectivity index (χ1) is 9.96. The van der Waals surface area contributed by atoms with Crippen molar-refractivity contribution >= 4 is 5.97 Å². The van der Waals surface area contributed by atoms with Gasteiger partial charge >= 0.3 is 5.97 Å². The zero-order chi connectivity index (χ0) is 15.0. The zero-order valence-corrected chi connectivity index (χ0v) is 13.6. The molecular weight excluding hydrogens is 262 g/mol. The SMILES string of the molecule is CC(C)C[C@@H](N)C(=O)OCCC12CC3CC(CC(C3)C1)C2. The van der Waals surface area contributed by atoms with Gasteiger partial charge in [-0.2, -0.15) is 0 Å². The third-order valence-electron chi connectivity index (χ3n) is 6.07. The number of hydrogen-bond donors (Lipinski definition) is 1. The average molecular weight is 293 g/mol. The van der Waals surface area contributed by atoms with Crippen LogP contribution in [0.4, 0.5) is 0 Å². The molecule has 4 bridgehead atoms. The van der Waals surface area contributed by atoms with Crippen LogP contribution in [0.1, 0.15) is 65.2 Å². The van der Waals surface area contributed by atoms with Gasteiger partial charge < -0.3 is 10.5 Å². The molecule has 0 saturated heterocycles. The molecule has 0 radical (unpaired) electrons. The highest BCUT2D eigenvalue weighted by atomic mass is 16.5. The lowest BCUT2D eigenvalue weighted by atomic mass is 9.49. The van der Waals surface area contributed by atoms with E-state index in [2.05, 4.69) is 13.8 Å². The molecule has 3 heteroatoms. The normalized spacial score (nSPS) is 38.8. The summed E-state index contributed by atoms with van der Waals surface area (Å²) >= 11 is 0. The lowest BCUT2D eigenvalue weighted by Gasteiger charge is -2.57. The van der Waals surface area contributed by atoms with Crippen LogP contribution < -0.4 is 5.73 Å². The van der Waals surface area contributed by atoms with Crippen molar-refractivity contribution in [2.24, 2.45) is 34.8 Å². The van der Waals surface area contributed by atoms with E-state index in [1.807, 2.05) is 0 Å². The smallest absolute Gasteiger partial charge is 0.322 e. The molecule has 0 amide bonds. The molecule has 4 aliphatic rings. The molecule has 4 aliphatic carbocycles. The van der Waals surface area contributed by atoms with E-state index < -0.39 is 6.04 Å². The van der Waals surface area contributed by atoms with Crippen molar-refractivity contribution in [3.05, 3.63) is 0 Å². The Hall–Kier alpha value is -0.570. The van der Waals surface area contributed by atoms with E-state index in [9.17, 15) is 4.79 Å². The number of carbonyl (C=O) groups excluding carboxylic acids is 1. The number of nitrogens with two attached hydrogens (primary N) is 1. The fraction of sp³-hybridized carbons (Fsp3) is 0.944. The van der Waals surface area contributed by atoms with Gasteiger partial charge in [-0.05, 0) is 80.5 Å². The minimum Gasteiger partial charge on any atom is -0.465 e. The maximum atomic E-state index is 11.9. The van der Waals surface area contributed by atoms with Crippen molar-refractivity contribution in [3.63, 3.8) is 0 Å². The molecule has 2 N–H and O–H groups in total. The molecule has 0 aliphatic heterocycles. The molecule has 1 atom stereocenters. The Labute approximate surface area is 129 Å². The first-order valence-electron chi connectivity index (χ1n) is 8.88. The number of ether oxygens (including phenoxy) is 1. The first kappa shape index (κ1) is 15.3. The van der Waals surface area contributed by atoms with Gasteiger partial charge in [0.05, 0.1) is 6.61 Å². The number of hydrogen-bond acceptors (Lipinski definition) is 3. The molecule has 0 aromatic rings. The Bertz CT molecular complexity index is 355. The van der Waals surface area contributed by atoms with Crippen LogP contribution in [0.25, 0.3) is 0 Å². The molecular formula is C18H31NO2. The molecule has 4 saturated carbocycles. The van der Waals surface area contributed by atoms with Crippen LogP contribution in [0.15, 0.2) is 0 Å².